The van der Waals surface area contributed by atoms with E-state index in [1.807, 2.05) is 37.3 Å². The lowest BCUT2D eigenvalue weighted by atomic mass is 9.78. The molecule has 258 valence electrons. The number of benzene rings is 5. The summed E-state index contributed by atoms with van der Waals surface area (Å²) in [7, 11) is 0. The van der Waals surface area contributed by atoms with Gasteiger partial charge in [-0.3, -0.25) is 4.98 Å². The third kappa shape index (κ3) is 7.34. The Morgan fingerprint density at radius 2 is 0.827 bits per heavy atom. The molecule has 0 bridgehead atoms. The van der Waals surface area contributed by atoms with Gasteiger partial charge >= 0.3 is 0 Å². The molecule has 52 heavy (non-hydrogen) atoms. The molecule has 0 fully saturated rings. The summed E-state index contributed by atoms with van der Waals surface area (Å²) in [5.41, 5.74) is 14.0. The van der Waals surface area contributed by atoms with Crippen molar-refractivity contribution in [3.8, 4) is 67.5 Å². The lowest BCUT2D eigenvalue weighted by Crippen LogP contribution is -2.16. The van der Waals surface area contributed by atoms with Crippen molar-refractivity contribution in [1.82, 2.24) is 19.9 Å². The quantitative estimate of drug-likeness (QED) is 0.176. The van der Waals surface area contributed by atoms with Gasteiger partial charge in [0.05, 0.1) is 0 Å². The maximum atomic E-state index is 5.27. The summed E-state index contributed by atoms with van der Waals surface area (Å²) in [6, 6.07) is 47.0. The highest BCUT2D eigenvalue weighted by Gasteiger charge is 2.22. The first-order valence-electron chi connectivity index (χ1n) is 18.1. The fraction of sp³-hybridized carbons (Fsp3) is 0.208. The van der Waals surface area contributed by atoms with E-state index >= 15 is 0 Å². The molecule has 2 aromatic heterocycles. The maximum absolute atomic E-state index is 5.27. The Morgan fingerprint density at radius 1 is 0.346 bits per heavy atom. The van der Waals surface area contributed by atoms with Crippen LogP contribution in [-0.4, -0.2) is 19.9 Å². The molecular weight excluding hydrogens is 633 g/mol. The summed E-state index contributed by atoms with van der Waals surface area (Å²) < 4.78 is 0. The molecule has 0 N–H and O–H groups in total. The average Bonchev–Trinajstić information content (AvgIpc) is 3.14. The van der Waals surface area contributed by atoms with Gasteiger partial charge in [0.1, 0.15) is 0 Å². The van der Waals surface area contributed by atoms with Gasteiger partial charge < -0.3 is 0 Å². The number of pyridine rings is 1. The molecule has 0 radical (unpaired) electrons. The second-order valence-electron chi connectivity index (χ2n) is 15.8. The monoisotopic (exact) mass is 678 g/mol. The topological polar surface area (TPSA) is 51.6 Å². The van der Waals surface area contributed by atoms with Gasteiger partial charge in [-0.15, -0.1) is 0 Å². The van der Waals surface area contributed by atoms with Crippen LogP contribution in [0.1, 0.15) is 64.1 Å². The van der Waals surface area contributed by atoms with Crippen molar-refractivity contribution in [2.24, 2.45) is 0 Å². The third-order valence-electron chi connectivity index (χ3n) is 9.65. The molecule has 4 nitrogen and oxygen atoms in total. The summed E-state index contributed by atoms with van der Waals surface area (Å²) in [5.74, 6) is 1.89. The summed E-state index contributed by atoms with van der Waals surface area (Å²) >= 11 is 0. The highest BCUT2D eigenvalue weighted by Crippen LogP contribution is 2.39. The van der Waals surface area contributed by atoms with E-state index in [9.17, 15) is 0 Å². The van der Waals surface area contributed by atoms with Gasteiger partial charge in [-0.1, -0.05) is 151 Å². The molecule has 0 atom stereocenters. The Kier molecular flexibility index (Phi) is 9.18. The Hall–Kier alpha value is -5.74. The summed E-state index contributed by atoms with van der Waals surface area (Å²) in [4.78, 5) is 20.4. The van der Waals surface area contributed by atoms with E-state index in [1.165, 1.54) is 16.7 Å². The fourth-order valence-corrected chi connectivity index (χ4v) is 6.62. The Morgan fingerprint density at radius 3 is 1.42 bits per heavy atom. The van der Waals surface area contributed by atoms with E-state index in [2.05, 4.69) is 152 Å². The van der Waals surface area contributed by atoms with Crippen LogP contribution in [0.25, 0.3) is 67.5 Å². The molecule has 0 saturated heterocycles. The Balaban J connectivity index is 1.51. The van der Waals surface area contributed by atoms with Crippen LogP contribution in [0.4, 0.5) is 0 Å². The molecular formula is C48H46N4. The highest BCUT2D eigenvalue weighted by atomic mass is 15.0. The zero-order chi connectivity index (χ0) is 36.6. The van der Waals surface area contributed by atoms with Gasteiger partial charge in [0.2, 0.25) is 0 Å². The van der Waals surface area contributed by atoms with Crippen LogP contribution >= 0.6 is 0 Å². The average molecular weight is 679 g/mol. The van der Waals surface area contributed by atoms with E-state index in [4.69, 9.17) is 19.9 Å². The molecule has 0 aliphatic carbocycles. The Labute approximate surface area is 308 Å². The van der Waals surface area contributed by atoms with Gasteiger partial charge in [0, 0.05) is 33.6 Å². The van der Waals surface area contributed by atoms with Crippen molar-refractivity contribution in [2.75, 3.05) is 0 Å². The first-order valence-corrected chi connectivity index (χ1v) is 18.1. The lowest BCUT2D eigenvalue weighted by Gasteiger charge is -2.26. The number of aryl methyl sites for hydroxylation is 2. The van der Waals surface area contributed by atoms with Crippen molar-refractivity contribution in [3.63, 3.8) is 0 Å². The van der Waals surface area contributed by atoms with Crippen molar-refractivity contribution >= 4 is 0 Å². The molecule has 0 amide bonds. The summed E-state index contributed by atoms with van der Waals surface area (Å²) in [6.45, 7) is 17.8. The predicted molar refractivity (Wildman–Crippen MR) is 217 cm³/mol. The molecule has 4 heteroatoms. The minimum Gasteiger partial charge on any atom is -0.258 e. The van der Waals surface area contributed by atoms with E-state index in [-0.39, 0.29) is 10.8 Å². The minimum absolute atomic E-state index is 0.0201. The van der Waals surface area contributed by atoms with Crippen LogP contribution in [0.5, 0.6) is 0 Å². The number of aromatic nitrogens is 4. The SMILES string of the molecule is Cc1ccc(-c2cc(-c3cc(C(C)(C)C)cc(C(C)(C)C)c3)cc(-c3nc(-c4ccccc4)nc(-c4ccccc4-c4ccccc4)n3)c2)c(C)n1. The van der Waals surface area contributed by atoms with Crippen molar-refractivity contribution < 1.29 is 0 Å². The third-order valence-corrected chi connectivity index (χ3v) is 9.65. The highest BCUT2D eigenvalue weighted by molar-refractivity contribution is 5.84. The molecule has 0 unspecified atom stereocenters. The van der Waals surface area contributed by atoms with Crippen LogP contribution in [-0.2, 0) is 10.8 Å². The van der Waals surface area contributed by atoms with E-state index in [0.717, 1.165) is 55.9 Å². The van der Waals surface area contributed by atoms with Gasteiger partial charge in [-0.05, 0) is 87.9 Å². The van der Waals surface area contributed by atoms with Crippen LogP contribution in [0.2, 0.25) is 0 Å². The van der Waals surface area contributed by atoms with Crippen LogP contribution < -0.4 is 0 Å². The number of hydrogen-bond donors (Lipinski definition) is 0. The lowest BCUT2D eigenvalue weighted by molar-refractivity contribution is 0.569. The number of nitrogens with zero attached hydrogens (tertiary/aromatic N) is 4. The molecule has 0 aliphatic heterocycles. The first kappa shape index (κ1) is 34.7. The van der Waals surface area contributed by atoms with Gasteiger partial charge in [0.25, 0.3) is 0 Å². The maximum Gasteiger partial charge on any atom is 0.164 e. The minimum atomic E-state index is -0.0201. The van der Waals surface area contributed by atoms with E-state index in [1.54, 1.807) is 0 Å². The second-order valence-corrected chi connectivity index (χ2v) is 15.8. The van der Waals surface area contributed by atoms with Gasteiger partial charge in [0.15, 0.2) is 17.5 Å². The normalized spacial score (nSPS) is 11.8. The Bertz CT molecular complexity index is 2350. The summed E-state index contributed by atoms with van der Waals surface area (Å²) in [5, 5.41) is 0. The predicted octanol–water partition coefficient (Wildman–Crippen LogP) is 12.5. The summed E-state index contributed by atoms with van der Waals surface area (Å²) in [6.07, 6.45) is 0. The van der Waals surface area contributed by atoms with Gasteiger partial charge in [-0.2, -0.15) is 0 Å². The van der Waals surface area contributed by atoms with E-state index < -0.39 is 0 Å². The zero-order valence-electron chi connectivity index (χ0n) is 31.5. The van der Waals surface area contributed by atoms with Crippen molar-refractivity contribution in [3.05, 3.63) is 156 Å². The number of hydrogen-bond acceptors (Lipinski definition) is 4. The molecule has 7 rings (SSSR count). The zero-order valence-corrected chi connectivity index (χ0v) is 31.5. The van der Waals surface area contributed by atoms with Crippen molar-refractivity contribution in [2.45, 2.75) is 66.2 Å². The first-order chi connectivity index (χ1) is 24.8. The largest absolute Gasteiger partial charge is 0.258 e. The fourth-order valence-electron chi connectivity index (χ4n) is 6.62. The van der Waals surface area contributed by atoms with Crippen LogP contribution in [0.15, 0.2) is 133 Å². The molecule has 7 aromatic rings. The van der Waals surface area contributed by atoms with E-state index in [0.29, 0.717) is 17.5 Å². The number of rotatable bonds is 6. The van der Waals surface area contributed by atoms with Crippen LogP contribution in [0, 0.1) is 13.8 Å². The molecule has 0 aliphatic rings. The van der Waals surface area contributed by atoms with Crippen molar-refractivity contribution in [1.29, 1.82) is 0 Å². The second kappa shape index (κ2) is 13.8. The molecule has 5 aromatic carbocycles. The smallest absolute Gasteiger partial charge is 0.164 e. The molecule has 2 heterocycles. The van der Waals surface area contributed by atoms with Crippen LogP contribution in [0.3, 0.4) is 0 Å². The molecule has 0 spiro atoms. The van der Waals surface area contributed by atoms with Gasteiger partial charge in [-0.25, -0.2) is 15.0 Å². The molecule has 0 saturated carbocycles. The standard InChI is InChI=1S/C48H46N4/c1-31-23-24-41(32(2)49-31)37-25-35(36-28-39(47(3,4)5)30-40(29-36)48(6,7)8)26-38(27-37)45-50-44(34-19-13-10-14-20-34)51-46(52-45)43-22-16-15-21-42(43)33-17-11-9-12-18-33/h9-30H,1-8H3.